The lowest BCUT2D eigenvalue weighted by atomic mass is 9.51. The number of carbonyl (C=O) groups excluding carboxylic acids is 5. The van der Waals surface area contributed by atoms with Crippen LogP contribution in [-0.2, 0) is 42.8 Å². The number of rotatable bonds is 8. The molecule has 264 valence electrons. The fourth-order valence-electron chi connectivity index (χ4n) is 7.74. The Balaban J connectivity index is 1.84. The van der Waals surface area contributed by atoms with Crippen LogP contribution < -0.4 is 0 Å². The number of aliphatic hydroxyl groups excluding tert-OH is 1. The maximum Gasteiger partial charge on any atom is 0.340 e. The van der Waals surface area contributed by atoms with E-state index < -0.39 is 101 Å². The number of pyridine rings is 1. The molecule has 1 spiro atoms. The zero-order valence-corrected chi connectivity index (χ0v) is 28.3. The predicted octanol–water partition coefficient (Wildman–Crippen LogP) is 2.33. The third-order valence-electron chi connectivity index (χ3n) is 9.53. The molecule has 2 saturated carbocycles. The molecule has 49 heavy (non-hydrogen) atoms. The van der Waals surface area contributed by atoms with Crippen molar-refractivity contribution in [3.8, 4) is 0 Å². The molecule has 14 heteroatoms. The van der Waals surface area contributed by atoms with Crippen LogP contribution >= 0.6 is 0 Å². The van der Waals surface area contributed by atoms with E-state index in [1.165, 1.54) is 43.6 Å². The zero-order chi connectivity index (χ0) is 36.1. The Kier molecular flexibility index (Phi) is 9.38. The largest absolute Gasteiger partial charge is 0.458 e. The minimum absolute atomic E-state index is 0.00358. The maximum atomic E-state index is 14.0. The summed E-state index contributed by atoms with van der Waals surface area (Å²) in [6.45, 7) is 9.58. The smallest absolute Gasteiger partial charge is 0.340 e. The van der Waals surface area contributed by atoms with Gasteiger partial charge >= 0.3 is 29.8 Å². The van der Waals surface area contributed by atoms with E-state index in [1.807, 2.05) is 0 Å². The molecular formula is C35H41NO13. The van der Waals surface area contributed by atoms with Crippen molar-refractivity contribution in [1.82, 2.24) is 4.98 Å². The number of hydrogen-bond acceptors (Lipinski definition) is 14. The first-order valence-corrected chi connectivity index (χ1v) is 15.9. The summed E-state index contributed by atoms with van der Waals surface area (Å²) in [5, 5.41) is 24.9. The topological polar surface area (TPSA) is 194 Å². The highest BCUT2D eigenvalue weighted by Gasteiger charge is 2.89. The van der Waals surface area contributed by atoms with Crippen molar-refractivity contribution in [1.29, 1.82) is 0 Å². The molecule has 5 rings (SSSR count). The standard InChI is InChI=1S/C35H41NO13/c1-18(2)29(40)45-23-16-33(7,43)35-26(39)24(32(5,6)49-35)25(46-31(42)22-14-11-15-36-17-22)28(47-30(41)21-12-9-8-10-13-21)34(35,48-20(4)38)27(23)44-19(3)37/h8-15,17-18,23-28,39,43H,16H2,1-7H3/t23-,24+,25-,26+,27-,28+,33-,34+,35-/m0/s1. The van der Waals surface area contributed by atoms with Gasteiger partial charge in [0.2, 0.25) is 5.60 Å². The Labute approximate surface area is 283 Å². The van der Waals surface area contributed by atoms with Gasteiger partial charge in [0.1, 0.15) is 11.7 Å². The normalized spacial score (nSPS) is 34.2. The van der Waals surface area contributed by atoms with Crippen LogP contribution in [-0.4, -0.2) is 98.0 Å². The number of hydrogen-bond donors (Lipinski definition) is 2. The Hall–Kier alpha value is -4.40. The quantitative estimate of drug-likeness (QED) is 0.304. The van der Waals surface area contributed by atoms with Crippen LogP contribution in [0.25, 0.3) is 0 Å². The molecule has 1 aromatic carbocycles. The number of ether oxygens (including phenoxy) is 6. The summed E-state index contributed by atoms with van der Waals surface area (Å²) in [7, 11) is 0. The van der Waals surface area contributed by atoms with Gasteiger partial charge in [-0.05, 0) is 45.0 Å². The van der Waals surface area contributed by atoms with Gasteiger partial charge in [0.05, 0.1) is 34.7 Å². The van der Waals surface area contributed by atoms with Crippen LogP contribution in [0.15, 0.2) is 54.9 Å². The van der Waals surface area contributed by atoms with Crippen molar-refractivity contribution in [2.24, 2.45) is 11.8 Å². The molecule has 2 heterocycles. The monoisotopic (exact) mass is 683 g/mol. The molecule has 1 saturated heterocycles. The third-order valence-corrected chi connectivity index (χ3v) is 9.53. The molecule has 0 radical (unpaired) electrons. The van der Waals surface area contributed by atoms with Crippen molar-refractivity contribution in [3.63, 3.8) is 0 Å². The van der Waals surface area contributed by atoms with Crippen LogP contribution in [0.3, 0.4) is 0 Å². The molecule has 3 aliphatic rings. The number of aromatic nitrogens is 1. The Morgan fingerprint density at radius 1 is 0.857 bits per heavy atom. The van der Waals surface area contributed by atoms with Crippen LogP contribution in [0.1, 0.15) is 75.6 Å². The van der Waals surface area contributed by atoms with Crippen molar-refractivity contribution < 1.29 is 62.6 Å². The Morgan fingerprint density at radius 2 is 1.49 bits per heavy atom. The van der Waals surface area contributed by atoms with Crippen molar-refractivity contribution in [2.45, 2.75) is 108 Å². The van der Waals surface area contributed by atoms with Gasteiger partial charge in [0, 0.05) is 32.7 Å². The van der Waals surface area contributed by atoms with Gasteiger partial charge < -0.3 is 38.6 Å². The molecule has 2 N–H and O–H groups in total. The maximum absolute atomic E-state index is 14.0. The van der Waals surface area contributed by atoms with E-state index in [4.69, 9.17) is 28.4 Å². The van der Waals surface area contributed by atoms with Crippen LogP contribution in [0.2, 0.25) is 0 Å². The van der Waals surface area contributed by atoms with Crippen molar-refractivity contribution in [3.05, 3.63) is 66.0 Å². The van der Waals surface area contributed by atoms with Crippen LogP contribution in [0.4, 0.5) is 0 Å². The molecule has 0 amide bonds. The average molecular weight is 684 g/mol. The highest BCUT2D eigenvalue weighted by molar-refractivity contribution is 5.90. The minimum Gasteiger partial charge on any atom is -0.458 e. The van der Waals surface area contributed by atoms with E-state index in [0.717, 1.165) is 13.8 Å². The lowest BCUT2D eigenvalue weighted by Crippen LogP contribution is -2.89. The molecule has 1 aliphatic heterocycles. The van der Waals surface area contributed by atoms with E-state index in [0.29, 0.717) is 0 Å². The molecule has 2 aromatic rings. The van der Waals surface area contributed by atoms with Gasteiger partial charge in [-0.1, -0.05) is 32.0 Å². The number of esters is 5. The summed E-state index contributed by atoms with van der Waals surface area (Å²) >= 11 is 0. The van der Waals surface area contributed by atoms with Gasteiger partial charge in [-0.2, -0.15) is 0 Å². The second-order valence-corrected chi connectivity index (χ2v) is 13.7. The van der Waals surface area contributed by atoms with E-state index in [2.05, 4.69) is 4.98 Å². The van der Waals surface area contributed by atoms with Gasteiger partial charge in [-0.25, -0.2) is 9.59 Å². The molecular weight excluding hydrogens is 642 g/mol. The zero-order valence-electron chi connectivity index (χ0n) is 28.3. The highest BCUT2D eigenvalue weighted by atomic mass is 16.7. The fraction of sp³-hybridized carbons (Fsp3) is 0.543. The Bertz CT molecular complexity index is 1610. The molecule has 0 unspecified atom stereocenters. The first kappa shape index (κ1) is 35.9. The summed E-state index contributed by atoms with van der Waals surface area (Å²) in [5.41, 5.74) is -8.84. The second-order valence-electron chi connectivity index (χ2n) is 13.7. The summed E-state index contributed by atoms with van der Waals surface area (Å²) < 4.78 is 36.7. The lowest BCUT2D eigenvalue weighted by molar-refractivity contribution is -0.376. The van der Waals surface area contributed by atoms with Gasteiger partial charge in [-0.3, -0.25) is 19.4 Å². The van der Waals surface area contributed by atoms with Crippen LogP contribution in [0, 0.1) is 11.8 Å². The average Bonchev–Trinajstić information content (AvgIpc) is 3.21. The van der Waals surface area contributed by atoms with E-state index in [9.17, 15) is 34.2 Å². The third kappa shape index (κ3) is 5.85. The molecule has 1 aromatic heterocycles. The second kappa shape index (κ2) is 12.8. The number of fused-ring (bicyclic) bond motifs is 1. The molecule has 2 bridgehead atoms. The van der Waals surface area contributed by atoms with Gasteiger partial charge in [-0.15, -0.1) is 0 Å². The summed E-state index contributed by atoms with van der Waals surface area (Å²) in [6.07, 6.45) is -6.69. The number of aliphatic hydroxyl groups is 2. The van der Waals surface area contributed by atoms with Gasteiger partial charge in [0.15, 0.2) is 23.9 Å². The number of carbonyl (C=O) groups is 5. The SMILES string of the molecule is CC(=O)O[C@H]1[C@@H](OC(=O)C(C)C)C[C@](C)(O)[C@]23OC(C)(C)[C@H]([C@H](OC(=O)c4cccnc4)[C@@H](OC(=O)c4ccccc4)[C@]12OC(C)=O)[C@H]3O. The number of nitrogens with zero attached hydrogens (tertiary/aromatic N) is 1. The molecule has 14 nitrogen and oxygen atoms in total. The predicted molar refractivity (Wildman–Crippen MR) is 166 cm³/mol. The number of benzene rings is 1. The van der Waals surface area contributed by atoms with Crippen LogP contribution in [0.5, 0.6) is 0 Å². The molecule has 2 aliphatic carbocycles. The first-order valence-electron chi connectivity index (χ1n) is 15.9. The lowest BCUT2D eigenvalue weighted by Gasteiger charge is -2.65. The first-order chi connectivity index (χ1) is 22.9. The molecule has 3 fully saturated rings. The minimum atomic E-state index is -2.71. The highest BCUT2D eigenvalue weighted by Crippen LogP contribution is 2.66. The van der Waals surface area contributed by atoms with E-state index in [1.54, 1.807) is 45.9 Å². The molecule has 9 atom stereocenters. The van der Waals surface area contributed by atoms with E-state index >= 15 is 0 Å². The summed E-state index contributed by atoms with van der Waals surface area (Å²) in [5.74, 6) is -6.61. The Morgan fingerprint density at radius 3 is 2.06 bits per heavy atom. The van der Waals surface area contributed by atoms with E-state index in [-0.39, 0.29) is 11.1 Å². The summed E-state index contributed by atoms with van der Waals surface area (Å²) in [6, 6.07) is 10.7. The fourth-order valence-corrected chi connectivity index (χ4v) is 7.74. The van der Waals surface area contributed by atoms with Crippen molar-refractivity contribution in [2.75, 3.05) is 0 Å². The van der Waals surface area contributed by atoms with Gasteiger partial charge in [0.25, 0.3) is 0 Å². The van der Waals surface area contributed by atoms with Crippen molar-refractivity contribution >= 4 is 29.8 Å². The summed E-state index contributed by atoms with van der Waals surface area (Å²) in [4.78, 5) is 70.9.